The molecular formula is C11H4F16O3. The second kappa shape index (κ2) is 7.61. The van der Waals surface area contributed by atoms with Crippen LogP contribution in [-0.4, -0.2) is 60.3 Å². The number of hydrogen-bond donors (Lipinski definition) is 0. The number of rotatable bonds is 8. The van der Waals surface area contributed by atoms with E-state index < -0.39 is 66.7 Å². The monoisotopic (exact) mass is 488 g/mol. The number of carbonyl (C=O) groups excluding carboxylic acids is 2. The van der Waals surface area contributed by atoms with Gasteiger partial charge in [-0.15, -0.1) is 0 Å². The molecule has 3 nitrogen and oxygen atoms in total. The Labute approximate surface area is 152 Å². The van der Waals surface area contributed by atoms with Gasteiger partial charge in [-0.3, -0.25) is 4.79 Å². The van der Waals surface area contributed by atoms with Gasteiger partial charge < -0.3 is 4.74 Å². The number of carbonyl (C=O) groups is 2. The lowest BCUT2D eigenvalue weighted by atomic mass is 9.93. The van der Waals surface area contributed by atoms with E-state index in [0.717, 1.165) is 0 Å². The standard InChI is InChI=1S/C11H4F16O3/c12-5(13,1-2-30-4(29)3(28)6(14,15)16)7(17,18)8(19,20)9(21,22)10(23,24)11(25,26)27/h1-2H2. The number of Topliss-reactive ketones (excluding diaryl/α,β-unsaturated/α-hetero) is 1. The van der Waals surface area contributed by atoms with Gasteiger partial charge in [0.15, 0.2) is 0 Å². The molecule has 0 aromatic rings. The maximum absolute atomic E-state index is 13.2. The Morgan fingerprint density at radius 2 is 0.933 bits per heavy atom. The van der Waals surface area contributed by atoms with Crippen LogP contribution in [0.4, 0.5) is 70.2 Å². The van der Waals surface area contributed by atoms with Gasteiger partial charge in [-0.2, -0.15) is 70.2 Å². The minimum Gasteiger partial charge on any atom is -0.459 e. The van der Waals surface area contributed by atoms with Gasteiger partial charge in [-0.25, -0.2) is 4.79 Å². The molecule has 19 heteroatoms. The quantitative estimate of drug-likeness (QED) is 0.281. The molecule has 0 aromatic carbocycles. The van der Waals surface area contributed by atoms with Crippen molar-refractivity contribution >= 4 is 11.8 Å². The van der Waals surface area contributed by atoms with Gasteiger partial charge in [0.25, 0.3) is 0 Å². The smallest absolute Gasteiger partial charge is 0.459 e. The Bertz CT molecular complexity index is 658. The molecule has 0 N–H and O–H groups in total. The number of hydrogen-bond acceptors (Lipinski definition) is 3. The predicted molar refractivity (Wildman–Crippen MR) is 57.4 cm³/mol. The van der Waals surface area contributed by atoms with Crippen LogP contribution >= 0.6 is 0 Å². The van der Waals surface area contributed by atoms with Crippen molar-refractivity contribution in [1.29, 1.82) is 0 Å². The summed E-state index contributed by atoms with van der Waals surface area (Å²) in [6.07, 6.45) is -16.6. The Balaban J connectivity index is 5.72. The van der Waals surface area contributed by atoms with E-state index in [2.05, 4.69) is 4.74 Å². The van der Waals surface area contributed by atoms with E-state index >= 15 is 0 Å². The van der Waals surface area contributed by atoms with E-state index in [1.54, 1.807) is 0 Å². The van der Waals surface area contributed by atoms with Crippen LogP contribution in [0, 0.1) is 0 Å². The first-order valence-electron chi connectivity index (χ1n) is 6.53. The highest BCUT2D eigenvalue weighted by molar-refractivity contribution is 6.35. The third kappa shape index (κ3) is 4.52. The van der Waals surface area contributed by atoms with Crippen molar-refractivity contribution in [2.75, 3.05) is 6.61 Å². The average Bonchev–Trinajstić information content (AvgIpc) is 2.50. The van der Waals surface area contributed by atoms with Crippen LogP contribution in [0.15, 0.2) is 0 Å². The molecule has 0 radical (unpaired) electrons. The van der Waals surface area contributed by atoms with Gasteiger partial charge in [0.05, 0.1) is 13.0 Å². The first kappa shape index (κ1) is 28.0. The summed E-state index contributed by atoms with van der Waals surface area (Å²) in [6, 6.07) is 0. The molecule has 0 heterocycles. The average molecular weight is 488 g/mol. The van der Waals surface area contributed by atoms with Gasteiger partial charge in [0.2, 0.25) is 0 Å². The molecule has 0 fully saturated rings. The van der Waals surface area contributed by atoms with Gasteiger partial charge in [0.1, 0.15) is 0 Å². The number of alkyl halides is 16. The molecule has 0 spiro atoms. The fraction of sp³-hybridized carbons (Fsp3) is 0.818. The highest BCUT2D eigenvalue weighted by Gasteiger charge is 2.90. The van der Waals surface area contributed by atoms with E-state index in [1.807, 2.05) is 0 Å². The summed E-state index contributed by atoms with van der Waals surface area (Å²) in [5.74, 6) is -44.9. The molecule has 0 saturated heterocycles. The van der Waals surface area contributed by atoms with Gasteiger partial charge in [0, 0.05) is 0 Å². The summed E-state index contributed by atoms with van der Waals surface area (Å²) in [6.45, 7) is -2.46. The van der Waals surface area contributed by atoms with Crippen LogP contribution in [-0.2, 0) is 14.3 Å². The molecule has 0 aliphatic carbocycles. The molecule has 0 aliphatic rings. The zero-order chi connectivity index (χ0) is 24.8. The molecule has 0 bridgehead atoms. The van der Waals surface area contributed by atoms with E-state index in [-0.39, 0.29) is 0 Å². The zero-order valence-electron chi connectivity index (χ0n) is 13.2. The number of esters is 1. The van der Waals surface area contributed by atoms with Crippen molar-refractivity contribution in [3.63, 3.8) is 0 Å². The molecule has 0 aliphatic heterocycles. The maximum Gasteiger partial charge on any atom is 0.461 e. The Morgan fingerprint density at radius 1 is 0.567 bits per heavy atom. The molecular weight excluding hydrogens is 484 g/mol. The van der Waals surface area contributed by atoms with Crippen molar-refractivity contribution in [3.8, 4) is 0 Å². The molecule has 0 rings (SSSR count). The van der Waals surface area contributed by atoms with Gasteiger partial charge >= 0.3 is 53.7 Å². The van der Waals surface area contributed by atoms with Crippen molar-refractivity contribution < 1.29 is 84.6 Å². The van der Waals surface area contributed by atoms with Crippen LogP contribution < -0.4 is 0 Å². The van der Waals surface area contributed by atoms with Crippen LogP contribution in [0.2, 0.25) is 0 Å². The minimum absolute atomic E-state index is 2.46. The lowest BCUT2D eigenvalue weighted by Gasteiger charge is -2.39. The topological polar surface area (TPSA) is 43.4 Å². The number of ketones is 1. The normalized spacial score (nSPS) is 15.2. The summed E-state index contributed by atoms with van der Waals surface area (Å²) in [5.41, 5.74) is 0. The van der Waals surface area contributed by atoms with E-state index in [1.165, 1.54) is 0 Å². The summed E-state index contributed by atoms with van der Waals surface area (Å²) in [5, 5.41) is 0. The van der Waals surface area contributed by atoms with Crippen molar-refractivity contribution in [2.45, 2.75) is 48.4 Å². The summed E-state index contributed by atoms with van der Waals surface area (Å²) in [7, 11) is 0. The molecule has 0 atom stereocenters. The van der Waals surface area contributed by atoms with Crippen molar-refractivity contribution in [1.82, 2.24) is 0 Å². The lowest BCUT2D eigenvalue weighted by Crippen LogP contribution is -2.70. The van der Waals surface area contributed by atoms with Gasteiger partial charge in [-0.1, -0.05) is 0 Å². The zero-order valence-corrected chi connectivity index (χ0v) is 13.2. The summed E-state index contributed by atoms with van der Waals surface area (Å²) >= 11 is 0. The molecule has 0 amide bonds. The second-order valence-corrected chi connectivity index (χ2v) is 5.21. The van der Waals surface area contributed by atoms with E-state index in [4.69, 9.17) is 0 Å². The first-order chi connectivity index (χ1) is 12.8. The van der Waals surface area contributed by atoms with Crippen LogP contribution in [0.25, 0.3) is 0 Å². The number of halogens is 16. The van der Waals surface area contributed by atoms with Crippen molar-refractivity contribution in [3.05, 3.63) is 0 Å². The fourth-order valence-corrected chi connectivity index (χ4v) is 1.41. The summed E-state index contributed by atoms with van der Waals surface area (Å²) in [4.78, 5) is 20.8. The Morgan fingerprint density at radius 3 is 1.27 bits per heavy atom. The molecule has 30 heavy (non-hydrogen) atoms. The van der Waals surface area contributed by atoms with Crippen LogP contribution in [0.3, 0.4) is 0 Å². The molecule has 178 valence electrons. The maximum atomic E-state index is 13.2. The SMILES string of the molecule is O=C(OCCC(F)(F)C(F)(F)C(F)(F)C(F)(F)C(F)(F)C(F)(F)F)C(=O)C(F)(F)F. The van der Waals surface area contributed by atoms with Crippen LogP contribution in [0.1, 0.15) is 6.42 Å². The fourth-order valence-electron chi connectivity index (χ4n) is 1.41. The van der Waals surface area contributed by atoms with Crippen LogP contribution in [0.5, 0.6) is 0 Å². The third-order valence-electron chi connectivity index (χ3n) is 3.09. The summed E-state index contributed by atoms with van der Waals surface area (Å²) < 4.78 is 204. The lowest BCUT2D eigenvalue weighted by molar-refractivity contribution is -0.440. The highest BCUT2D eigenvalue weighted by atomic mass is 19.4. The molecule has 0 saturated carbocycles. The van der Waals surface area contributed by atoms with E-state index in [9.17, 15) is 79.8 Å². The predicted octanol–water partition coefficient (Wildman–Crippen LogP) is 4.79. The number of ether oxygens (including phenoxy) is 1. The van der Waals surface area contributed by atoms with E-state index in [0.29, 0.717) is 0 Å². The highest BCUT2D eigenvalue weighted by Crippen LogP contribution is 2.60. The first-order valence-corrected chi connectivity index (χ1v) is 6.53. The minimum atomic E-state index is -8.14. The molecule has 0 unspecified atom stereocenters. The largest absolute Gasteiger partial charge is 0.461 e. The van der Waals surface area contributed by atoms with Gasteiger partial charge in [-0.05, 0) is 0 Å². The second-order valence-electron chi connectivity index (χ2n) is 5.21. The Hall–Kier alpha value is -1.98. The third-order valence-corrected chi connectivity index (χ3v) is 3.09. The van der Waals surface area contributed by atoms with Crippen molar-refractivity contribution in [2.24, 2.45) is 0 Å². The molecule has 0 aromatic heterocycles. The Kier molecular flexibility index (Phi) is 7.11.